The van der Waals surface area contributed by atoms with Gasteiger partial charge in [-0.15, -0.1) is 0 Å². The van der Waals surface area contributed by atoms with Crippen LogP contribution in [0.4, 0.5) is 0 Å². The highest BCUT2D eigenvalue weighted by Gasteiger charge is 2.31. The maximum atomic E-state index is 12.9. The van der Waals surface area contributed by atoms with E-state index in [1.54, 1.807) is 19.9 Å². The molecule has 7 nitrogen and oxygen atoms in total. The van der Waals surface area contributed by atoms with E-state index in [4.69, 9.17) is 10.8 Å². The predicted octanol–water partition coefficient (Wildman–Crippen LogP) is 1.57. The third-order valence-corrected chi connectivity index (χ3v) is 5.33. The molecule has 122 valence electrons. The van der Waals surface area contributed by atoms with Crippen molar-refractivity contribution < 1.29 is 23.1 Å². The average molecular weight is 336 g/mol. The second-order valence-corrected chi connectivity index (χ2v) is 7.21. The van der Waals surface area contributed by atoms with Crippen molar-refractivity contribution >= 4 is 21.7 Å². The summed E-state index contributed by atoms with van der Waals surface area (Å²) in [5.74, 6) is -2.41. The topological polar surface area (TPSA) is 130 Å². The minimum atomic E-state index is -4.10. The normalized spacial score (nSPS) is 11.4. The first-order valence-corrected chi connectivity index (χ1v) is 8.13. The van der Waals surface area contributed by atoms with Crippen molar-refractivity contribution in [3.63, 3.8) is 0 Å². The molecule has 0 aliphatic carbocycles. The number of aromatic carboxylic acids is 1. The number of sulfone groups is 1. The zero-order valence-corrected chi connectivity index (χ0v) is 13.6. The van der Waals surface area contributed by atoms with E-state index in [2.05, 4.69) is 4.98 Å². The molecule has 0 atom stereocenters. The van der Waals surface area contributed by atoms with E-state index in [9.17, 15) is 18.0 Å². The summed E-state index contributed by atoms with van der Waals surface area (Å²) >= 11 is 0. The van der Waals surface area contributed by atoms with E-state index in [1.807, 2.05) is 0 Å². The number of amides is 1. The van der Waals surface area contributed by atoms with Crippen LogP contribution in [0.2, 0.25) is 0 Å². The highest BCUT2D eigenvalue weighted by Crippen LogP contribution is 2.30. The minimum Gasteiger partial charge on any atom is -0.477 e. The molecule has 23 heavy (non-hydrogen) atoms. The number of carboxylic acid groups (broad SMARTS) is 1. The van der Waals surface area contributed by atoms with Crippen LogP contribution in [0, 0.1) is 20.8 Å². The Morgan fingerprint density at radius 3 is 2.00 bits per heavy atom. The SMILES string of the molecule is Cc1cc(C)cc(S(=O)(=O)c2c(C(N)=O)[nH]c(C(=O)O)c2C)c1. The van der Waals surface area contributed by atoms with Gasteiger partial charge in [0.1, 0.15) is 16.3 Å². The van der Waals surface area contributed by atoms with E-state index in [1.165, 1.54) is 19.1 Å². The number of nitrogens with one attached hydrogen (secondary N) is 1. The molecular weight excluding hydrogens is 320 g/mol. The van der Waals surface area contributed by atoms with E-state index >= 15 is 0 Å². The molecule has 1 aromatic carbocycles. The number of carbonyl (C=O) groups excluding carboxylic acids is 1. The molecule has 2 aromatic rings. The minimum absolute atomic E-state index is 0.0171. The Hall–Kier alpha value is -2.61. The second kappa shape index (κ2) is 5.54. The third-order valence-electron chi connectivity index (χ3n) is 3.43. The highest BCUT2D eigenvalue weighted by molar-refractivity contribution is 7.91. The summed E-state index contributed by atoms with van der Waals surface area (Å²) < 4.78 is 25.8. The first kappa shape index (κ1) is 16.8. The van der Waals surface area contributed by atoms with Gasteiger partial charge >= 0.3 is 5.97 Å². The molecule has 1 amide bonds. The fourth-order valence-electron chi connectivity index (χ4n) is 2.51. The number of H-pyrrole nitrogens is 1. The molecule has 2 rings (SSSR count). The lowest BCUT2D eigenvalue weighted by atomic mass is 10.2. The summed E-state index contributed by atoms with van der Waals surface area (Å²) in [5, 5.41) is 9.13. The molecule has 0 aliphatic rings. The van der Waals surface area contributed by atoms with Crippen LogP contribution in [0.25, 0.3) is 0 Å². The van der Waals surface area contributed by atoms with E-state index in [0.29, 0.717) is 0 Å². The molecule has 0 fully saturated rings. The van der Waals surface area contributed by atoms with Crippen molar-refractivity contribution in [3.05, 3.63) is 46.3 Å². The number of aromatic nitrogens is 1. The van der Waals surface area contributed by atoms with Crippen LogP contribution in [0.5, 0.6) is 0 Å². The van der Waals surface area contributed by atoms with Gasteiger partial charge in [0.25, 0.3) is 5.91 Å². The summed E-state index contributed by atoms with van der Waals surface area (Å²) in [4.78, 5) is 24.6. The molecule has 0 spiro atoms. The van der Waals surface area contributed by atoms with Crippen molar-refractivity contribution in [1.82, 2.24) is 4.98 Å². The number of rotatable bonds is 4. The maximum Gasteiger partial charge on any atom is 0.352 e. The van der Waals surface area contributed by atoms with Crippen LogP contribution in [0.15, 0.2) is 28.0 Å². The van der Waals surface area contributed by atoms with Gasteiger partial charge in [-0.3, -0.25) is 4.79 Å². The summed E-state index contributed by atoms with van der Waals surface area (Å²) in [6.07, 6.45) is 0. The molecule has 0 saturated heterocycles. The van der Waals surface area contributed by atoms with Crippen LogP contribution in [0.3, 0.4) is 0 Å². The van der Waals surface area contributed by atoms with Gasteiger partial charge < -0.3 is 15.8 Å². The van der Waals surface area contributed by atoms with Crippen LogP contribution >= 0.6 is 0 Å². The van der Waals surface area contributed by atoms with Gasteiger partial charge in [0.15, 0.2) is 0 Å². The highest BCUT2D eigenvalue weighted by atomic mass is 32.2. The fourth-order valence-corrected chi connectivity index (χ4v) is 4.35. The maximum absolute atomic E-state index is 12.9. The Balaban J connectivity index is 2.83. The van der Waals surface area contributed by atoms with Gasteiger partial charge in [0.2, 0.25) is 9.84 Å². The number of benzene rings is 1. The molecule has 0 radical (unpaired) electrons. The molecular formula is C15H16N2O5S. The predicted molar refractivity (Wildman–Crippen MR) is 82.4 cm³/mol. The van der Waals surface area contributed by atoms with Crippen molar-refractivity contribution in [1.29, 1.82) is 0 Å². The Morgan fingerprint density at radius 2 is 1.57 bits per heavy atom. The van der Waals surface area contributed by atoms with Crippen molar-refractivity contribution in [2.45, 2.75) is 30.6 Å². The molecule has 0 unspecified atom stereocenters. The molecule has 4 N–H and O–H groups in total. The third kappa shape index (κ3) is 2.85. The molecule has 0 bridgehead atoms. The second-order valence-electron chi connectivity index (χ2n) is 5.33. The van der Waals surface area contributed by atoms with Crippen LogP contribution in [-0.4, -0.2) is 30.4 Å². The number of hydrogen-bond acceptors (Lipinski definition) is 4. The number of carboxylic acids is 1. The number of nitrogens with two attached hydrogens (primary N) is 1. The Morgan fingerprint density at radius 1 is 1.04 bits per heavy atom. The smallest absolute Gasteiger partial charge is 0.352 e. The standard InChI is InChI=1S/C15H16N2O5S/c1-7-4-8(2)6-10(5-7)23(21,22)13-9(3)11(15(19)20)17-12(13)14(16)18/h4-6,17H,1-3H3,(H2,16,18)(H,19,20). The van der Waals surface area contributed by atoms with Gasteiger partial charge in [-0.05, 0) is 44.0 Å². The lowest BCUT2D eigenvalue weighted by molar-refractivity contribution is 0.0690. The first-order valence-electron chi connectivity index (χ1n) is 6.64. The molecule has 8 heteroatoms. The van der Waals surface area contributed by atoms with Gasteiger partial charge in [-0.25, -0.2) is 13.2 Å². The summed E-state index contributed by atoms with van der Waals surface area (Å²) in [5.41, 5.74) is 5.81. The largest absolute Gasteiger partial charge is 0.477 e. The average Bonchev–Trinajstić information content (AvgIpc) is 2.76. The molecule has 1 aromatic heterocycles. The number of aryl methyl sites for hydroxylation is 2. The Bertz CT molecular complexity index is 905. The summed E-state index contributed by atoms with van der Waals surface area (Å²) in [6, 6.07) is 4.72. The van der Waals surface area contributed by atoms with E-state index < -0.39 is 32.3 Å². The quantitative estimate of drug-likeness (QED) is 0.780. The van der Waals surface area contributed by atoms with Gasteiger partial charge in [0, 0.05) is 5.56 Å². The Labute approximate surface area is 133 Å². The Kier molecular flexibility index (Phi) is 4.04. The van der Waals surface area contributed by atoms with Crippen LogP contribution < -0.4 is 5.73 Å². The van der Waals surface area contributed by atoms with Gasteiger partial charge in [-0.1, -0.05) is 6.07 Å². The van der Waals surface area contributed by atoms with Crippen molar-refractivity contribution in [2.75, 3.05) is 0 Å². The first-order chi connectivity index (χ1) is 10.6. The number of carbonyl (C=O) groups is 2. The van der Waals surface area contributed by atoms with Gasteiger partial charge in [-0.2, -0.15) is 0 Å². The molecule has 0 aliphatic heterocycles. The lowest BCUT2D eigenvalue weighted by Gasteiger charge is -2.08. The molecule has 0 saturated carbocycles. The number of hydrogen-bond donors (Lipinski definition) is 3. The zero-order chi connectivity index (χ0) is 17.5. The molecule has 1 heterocycles. The van der Waals surface area contributed by atoms with Crippen molar-refractivity contribution in [2.24, 2.45) is 5.73 Å². The van der Waals surface area contributed by atoms with Crippen molar-refractivity contribution in [3.8, 4) is 0 Å². The number of primary amides is 1. The van der Waals surface area contributed by atoms with Gasteiger partial charge in [0.05, 0.1) is 4.90 Å². The summed E-state index contributed by atoms with van der Waals surface area (Å²) in [7, 11) is -4.10. The van der Waals surface area contributed by atoms with E-state index in [0.717, 1.165) is 11.1 Å². The summed E-state index contributed by atoms with van der Waals surface area (Å²) in [6.45, 7) is 4.81. The zero-order valence-electron chi connectivity index (χ0n) is 12.8. The number of aromatic amines is 1. The van der Waals surface area contributed by atoms with E-state index in [-0.39, 0.29) is 16.2 Å². The monoisotopic (exact) mass is 336 g/mol. The van der Waals surface area contributed by atoms with Crippen LogP contribution in [0.1, 0.15) is 37.7 Å². The van der Waals surface area contributed by atoms with Crippen LogP contribution in [-0.2, 0) is 9.84 Å². The lowest BCUT2D eigenvalue weighted by Crippen LogP contribution is -2.16. The fraction of sp³-hybridized carbons (Fsp3) is 0.200.